The van der Waals surface area contributed by atoms with Crippen molar-refractivity contribution in [2.45, 2.75) is 52.2 Å². The SMILES string of the molecule is CC[C@H](C(=O)NC(C)(C)C)N(Cc1ccccc1)C(=O)CN(c1ccc(Oc2ccccc2)cc1)S(C)(=O)=O. The molecular weight excluding hydrogens is 514 g/mol. The molecule has 3 aromatic rings. The Morgan fingerprint density at radius 2 is 1.41 bits per heavy atom. The number of sulfonamides is 1. The Kier molecular flexibility index (Phi) is 9.75. The van der Waals surface area contributed by atoms with Crippen molar-refractivity contribution in [1.29, 1.82) is 0 Å². The van der Waals surface area contributed by atoms with E-state index in [0.717, 1.165) is 16.1 Å². The Morgan fingerprint density at radius 1 is 0.872 bits per heavy atom. The zero-order valence-corrected chi connectivity index (χ0v) is 23.9. The summed E-state index contributed by atoms with van der Waals surface area (Å²) in [7, 11) is -3.83. The van der Waals surface area contributed by atoms with Gasteiger partial charge in [-0.2, -0.15) is 0 Å². The topological polar surface area (TPSA) is 96.0 Å². The molecule has 39 heavy (non-hydrogen) atoms. The Hall–Kier alpha value is -3.85. The van der Waals surface area contributed by atoms with Gasteiger partial charge in [-0.3, -0.25) is 13.9 Å². The third-order valence-corrected chi connectivity index (χ3v) is 7.00. The van der Waals surface area contributed by atoms with E-state index in [-0.39, 0.29) is 12.5 Å². The maximum Gasteiger partial charge on any atom is 0.244 e. The fourth-order valence-corrected chi connectivity index (χ4v) is 4.92. The van der Waals surface area contributed by atoms with Crippen molar-refractivity contribution in [3.05, 3.63) is 90.5 Å². The molecule has 0 aliphatic heterocycles. The Balaban J connectivity index is 1.89. The van der Waals surface area contributed by atoms with Crippen molar-refractivity contribution >= 4 is 27.5 Å². The highest BCUT2D eigenvalue weighted by Gasteiger charge is 2.33. The summed E-state index contributed by atoms with van der Waals surface area (Å²) in [5.41, 5.74) is 0.660. The minimum atomic E-state index is -3.83. The summed E-state index contributed by atoms with van der Waals surface area (Å²) in [6, 6.07) is 24.3. The summed E-state index contributed by atoms with van der Waals surface area (Å²) in [5, 5.41) is 2.95. The zero-order chi connectivity index (χ0) is 28.6. The van der Waals surface area contributed by atoms with Crippen molar-refractivity contribution in [1.82, 2.24) is 10.2 Å². The van der Waals surface area contributed by atoms with Gasteiger partial charge in [0, 0.05) is 12.1 Å². The van der Waals surface area contributed by atoms with Crippen LogP contribution in [0.5, 0.6) is 11.5 Å². The highest BCUT2D eigenvalue weighted by molar-refractivity contribution is 7.92. The van der Waals surface area contributed by atoms with E-state index in [2.05, 4.69) is 5.32 Å². The van der Waals surface area contributed by atoms with Gasteiger partial charge in [-0.1, -0.05) is 55.5 Å². The van der Waals surface area contributed by atoms with Gasteiger partial charge in [0.05, 0.1) is 11.9 Å². The minimum Gasteiger partial charge on any atom is -0.457 e. The van der Waals surface area contributed by atoms with Crippen LogP contribution < -0.4 is 14.4 Å². The standard InChI is InChI=1S/C30H37N3O5S/c1-6-27(29(35)31-30(2,3)4)32(21-23-13-9-7-10-14-23)28(34)22-33(39(5,36)37)24-17-19-26(20-18-24)38-25-15-11-8-12-16-25/h7-20,27H,6,21-22H2,1-5H3,(H,31,35)/t27-/m1/s1. The summed E-state index contributed by atoms with van der Waals surface area (Å²) < 4.78 is 32.5. The number of ether oxygens (including phenoxy) is 1. The lowest BCUT2D eigenvalue weighted by Crippen LogP contribution is -2.55. The smallest absolute Gasteiger partial charge is 0.244 e. The van der Waals surface area contributed by atoms with Crippen LogP contribution in [0.15, 0.2) is 84.9 Å². The maximum absolute atomic E-state index is 13.8. The summed E-state index contributed by atoms with van der Waals surface area (Å²) in [6.45, 7) is 7.16. The van der Waals surface area contributed by atoms with Crippen molar-refractivity contribution in [3.8, 4) is 11.5 Å². The third-order valence-electron chi connectivity index (χ3n) is 5.86. The largest absolute Gasteiger partial charge is 0.457 e. The molecule has 2 amide bonds. The zero-order valence-electron chi connectivity index (χ0n) is 23.1. The second-order valence-electron chi connectivity index (χ2n) is 10.3. The molecule has 0 saturated heterocycles. The number of anilines is 1. The number of rotatable bonds is 11. The first-order valence-electron chi connectivity index (χ1n) is 12.8. The molecule has 1 atom stereocenters. The molecule has 0 aliphatic carbocycles. The molecule has 0 saturated carbocycles. The summed E-state index contributed by atoms with van der Waals surface area (Å²) in [5.74, 6) is 0.406. The first kappa shape index (κ1) is 29.7. The predicted molar refractivity (Wildman–Crippen MR) is 154 cm³/mol. The van der Waals surface area contributed by atoms with Crippen LogP contribution in [0.1, 0.15) is 39.7 Å². The van der Waals surface area contributed by atoms with E-state index in [4.69, 9.17) is 4.74 Å². The first-order valence-corrected chi connectivity index (χ1v) is 14.7. The van der Waals surface area contributed by atoms with Gasteiger partial charge >= 0.3 is 0 Å². The molecule has 0 heterocycles. The lowest BCUT2D eigenvalue weighted by molar-refractivity contribution is -0.141. The fourth-order valence-electron chi connectivity index (χ4n) is 4.07. The Labute approximate surface area is 231 Å². The number of benzene rings is 3. The molecule has 1 N–H and O–H groups in total. The van der Waals surface area contributed by atoms with Crippen molar-refractivity contribution < 1.29 is 22.7 Å². The van der Waals surface area contributed by atoms with Crippen molar-refractivity contribution in [2.75, 3.05) is 17.1 Å². The quantitative estimate of drug-likeness (QED) is 0.363. The molecule has 0 aromatic heterocycles. The van der Waals surface area contributed by atoms with Crippen LogP contribution in [-0.2, 0) is 26.2 Å². The minimum absolute atomic E-state index is 0.164. The normalized spacial score (nSPS) is 12.3. The average molecular weight is 552 g/mol. The highest BCUT2D eigenvalue weighted by Crippen LogP contribution is 2.26. The van der Waals surface area contributed by atoms with Crippen LogP contribution in [0.4, 0.5) is 5.69 Å². The third kappa shape index (κ3) is 8.85. The second-order valence-corrected chi connectivity index (χ2v) is 12.3. The van der Waals surface area contributed by atoms with E-state index in [9.17, 15) is 18.0 Å². The number of amides is 2. The monoisotopic (exact) mass is 551 g/mol. The average Bonchev–Trinajstić information content (AvgIpc) is 2.87. The molecule has 3 aromatic carbocycles. The van der Waals surface area contributed by atoms with Crippen molar-refractivity contribution in [3.63, 3.8) is 0 Å². The van der Waals surface area contributed by atoms with Gasteiger partial charge in [0.25, 0.3) is 0 Å². The highest BCUT2D eigenvalue weighted by atomic mass is 32.2. The van der Waals surface area contributed by atoms with Gasteiger partial charge in [0.15, 0.2) is 0 Å². The number of carbonyl (C=O) groups excluding carboxylic acids is 2. The lowest BCUT2D eigenvalue weighted by Gasteiger charge is -2.34. The molecule has 0 aliphatic rings. The molecule has 3 rings (SSSR count). The predicted octanol–water partition coefficient (Wildman–Crippen LogP) is 4.97. The molecule has 0 unspecified atom stereocenters. The number of nitrogens with one attached hydrogen (secondary N) is 1. The molecular formula is C30H37N3O5S. The Bertz CT molecular complexity index is 1340. The van der Waals surface area contributed by atoms with Gasteiger partial charge in [-0.05, 0) is 69.2 Å². The van der Waals surface area contributed by atoms with Crippen LogP contribution >= 0.6 is 0 Å². The first-order chi connectivity index (χ1) is 18.4. The molecule has 8 nitrogen and oxygen atoms in total. The summed E-state index contributed by atoms with van der Waals surface area (Å²) in [6.07, 6.45) is 1.42. The number of para-hydroxylation sites is 1. The van der Waals surface area contributed by atoms with Crippen LogP contribution in [0.3, 0.4) is 0 Å². The summed E-state index contributed by atoms with van der Waals surface area (Å²) >= 11 is 0. The van der Waals surface area contributed by atoms with E-state index in [1.807, 2.05) is 88.4 Å². The van der Waals surface area contributed by atoms with Crippen LogP contribution in [0.25, 0.3) is 0 Å². The van der Waals surface area contributed by atoms with E-state index in [0.29, 0.717) is 23.6 Å². The van der Waals surface area contributed by atoms with Gasteiger partial charge in [0.1, 0.15) is 24.1 Å². The lowest BCUT2D eigenvalue weighted by atomic mass is 10.1. The molecule has 0 radical (unpaired) electrons. The number of nitrogens with zero attached hydrogens (tertiary/aromatic N) is 2. The van der Waals surface area contributed by atoms with Gasteiger partial charge in [0.2, 0.25) is 21.8 Å². The van der Waals surface area contributed by atoms with Gasteiger partial charge < -0.3 is 15.0 Å². The fraction of sp³-hybridized carbons (Fsp3) is 0.333. The number of hydrogen-bond donors (Lipinski definition) is 1. The maximum atomic E-state index is 13.8. The molecule has 9 heteroatoms. The summed E-state index contributed by atoms with van der Waals surface area (Å²) in [4.78, 5) is 28.4. The van der Waals surface area contributed by atoms with Crippen LogP contribution in [0.2, 0.25) is 0 Å². The number of hydrogen-bond acceptors (Lipinski definition) is 5. The van der Waals surface area contributed by atoms with E-state index >= 15 is 0 Å². The van der Waals surface area contributed by atoms with E-state index in [1.54, 1.807) is 24.3 Å². The molecule has 0 bridgehead atoms. The Morgan fingerprint density at radius 3 is 1.92 bits per heavy atom. The second kappa shape index (κ2) is 12.8. The van der Waals surface area contributed by atoms with Crippen LogP contribution in [0, 0.1) is 0 Å². The number of carbonyl (C=O) groups is 2. The van der Waals surface area contributed by atoms with Crippen molar-refractivity contribution in [2.24, 2.45) is 0 Å². The molecule has 0 fully saturated rings. The van der Waals surface area contributed by atoms with E-state index in [1.165, 1.54) is 4.90 Å². The molecule has 0 spiro atoms. The van der Waals surface area contributed by atoms with Crippen LogP contribution in [-0.4, -0.2) is 49.5 Å². The van der Waals surface area contributed by atoms with Gasteiger partial charge in [-0.15, -0.1) is 0 Å². The van der Waals surface area contributed by atoms with Gasteiger partial charge in [-0.25, -0.2) is 8.42 Å². The molecule has 208 valence electrons. The van der Waals surface area contributed by atoms with E-state index < -0.39 is 34.1 Å².